The molecule has 1 unspecified atom stereocenters. The summed E-state index contributed by atoms with van der Waals surface area (Å²) >= 11 is 0. The molecule has 1 aromatic rings. The van der Waals surface area contributed by atoms with Crippen LogP contribution in [-0.2, 0) is 19.2 Å². The van der Waals surface area contributed by atoms with E-state index < -0.39 is 53.5 Å². The van der Waals surface area contributed by atoms with Crippen LogP contribution in [0.5, 0.6) is 5.75 Å². The molecule has 4 aliphatic rings. The number of amides is 4. The highest BCUT2D eigenvalue weighted by Gasteiger charge is 2.56. The number of rotatable bonds is 8. The number of alkyl halides is 3. The van der Waals surface area contributed by atoms with Gasteiger partial charge < -0.3 is 25.2 Å². The van der Waals surface area contributed by atoms with Gasteiger partial charge in [-0.1, -0.05) is 37.7 Å². The number of fused-ring (bicyclic) bond motifs is 1. The van der Waals surface area contributed by atoms with Gasteiger partial charge in [-0.15, -0.1) is 6.42 Å². The summed E-state index contributed by atoms with van der Waals surface area (Å²) in [5.41, 5.74) is -1.09. The molecule has 2 heterocycles. The Labute approximate surface area is 240 Å². The number of ether oxygens (including phenoxy) is 1. The lowest BCUT2D eigenvalue weighted by atomic mass is 9.96. The van der Waals surface area contributed by atoms with Gasteiger partial charge in [0.05, 0.1) is 23.8 Å². The number of likely N-dealkylation sites (tertiary alicyclic amines) is 1. The van der Waals surface area contributed by atoms with Gasteiger partial charge in [-0.05, 0) is 36.8 Å². The summed E-state index contributed by atoms with van der Waals surface area (Å²) in [6, 6.07) is 3.29. The minimum absolute atomic E-state index is 0.00544. The van der Waals surface area contributed by atoms with Crippen molar-refractivity contribution < 1.29 is 37.1 Å². The molecule has 0 radical (unpaired) electrons. The van der Waals surface area contributed by atoms with Crippen molar-refractivity contribution in [3.8, 4) is 24.2 Å². The van der Waals surface area contributed by atoms with E-state index in [-0.39, 0.29) is 49.0 Å². The molecule has 5 rings (SSSR count). The molecule has 10 nitrogen and oxygen atoms in total. The van der Waals surface area contributed by atoms with E-state index in [2.05, 4.69) is 11.2 Å². The maximum absolute atomic E-state index is 14.1. The second kappa shape index (κ2) is 10.9. The van der Waals surface area contributed by atoms with Crippen LogP contribution in [0, 0.1) is 35.5 Å². The smallest absolute Gasteiger partial charge is 0.471 e. The van der Waals surface area contributed by atoms with E-state index in [9.17, 15) is 37.6 Å². The van der Waals surface area contributed by atoms with Gasteiger partial charge in [-0.3, -0.25) is 19.2 Å². The minimum atomic E-state index is -5.17. The Morgan fingerprint density at radius 1 is 1.24 bits per heavy atom. The van der Waals surface area contributed by atoms with Gasteiger partial charge in [-0.2, -0.15) is 18.4 Å². The highest BCUT2D eigenvalue weighted by Crippen LogP contribution is 2.43. The van der Waals surface area contributed by atoms with Gasteiger partial charge in [0.25, 0.3) is 5.91 Å². The zero-order chi connectivity index (χ0) is 30.4. The molecule has 2 saturated carbocycles. The van der Waals surface area contributed by atoms with Crippen LogP contribution in [-0.4, -0.2) is 76.9 Å². The molecule has 4 amide bonds. The molecule has 1 saturated heterocycles. The zero-order valence-electron chi connectivity index (χ0n) is 22.9. The minimum Gasteiger partial charge on any atom is -0.472 e. The van der Waals surface area contributed by atoms with Crippen molar-refractivity contribution in [2.75, 3.05) is 18.9 Å². The first-order valence-electron chi connectivity index (χ1n) is 13.8. The molecule has 2 aliphatic carbocycles. The number of carbonyl (C=O) groups excluding carboxylic acids is 4. The fraction of sp³-hybridized carbons (Fsp3) is 0.552. The van der Waals surface area contributed by atoms with E-state index in [0.717, 1.165) is 30.6 Å². The van der Waals surface area contributed by atoms with E-state index >= 15 is 0 Å². The molecule has 42 heavy (non-hydrogen) atoms. The summed E-state index contributed by atoms with van der Waals surface area (Å²) in [5, 5.41) is 14.1. The third-order valence-electron chi connectivity index (χ3n) is 8.38. The van der Waals surface area contributed by atoms with Gasteiger partial charge in [0.1, 0.15) is 18.2 Å². The lowest BCUT2D eigenvalue weighted by molar-refractivity contribution is -0.175. The van der Waals surface area contributed by atoms with Crippen molar-refractivity contribution >= 4 is 29.3 Å². The van der Waals surface area contributed by atoms with Crippen molar-refractivity contribution in [3.05, 3.63) is 23.8 Å². The van der Waals surface area contributed by atoms with Gasteiger partial charge in [0.2, 0.25) is 17.4 Å². The second-order valence-electron chi connectivity index (χ2n) is 11.5. The van der Waals surface area contributed by atoms with E-state index in [4.69, 9.17) is 11.2 Å². The fourth-order valence-electron chi connectivity index (χ4n) is 5.64. The molecule has 0 aromatic heterocycles. The van der Waals surface area contributed by atoms with Crippen LogP contribution in [0.1, 0.15) is 50.5 Å². The number of likely N-dealkylation sites (N-methyl/N-ethyl adjacent to an activating group) is 1. The standard InChI is InChI=1S/C29H30F3N5O5/c1-3-19-13-28(26(40)34-20-6-4-5-18(14-33)23(20)42-28)15-37(19)25(39)22(12-17-9-10-17)36(2)24(38)21(11-16-7-8-16)35-27(41)29(30,31)32/h1,4-6,16-17,19,21-22H,7-13,15H2,2H3,(H,34,40)(H,35,41)/t19-,21?,22+,28-/m1/s1. The van der Waals surface area contributed by atoms with Crippen LogP contribution in [0.4, 0.5) is 18.9 Å². The fourth-order valence-corrected chi connectivity index (χ4v) is 5.64. The Hall–Kier alpha value is -4.26. The monoisotopic (exact) mass is 585 g/mol. The predicted octanol–water partition coefficient (Wildman–Crippen LogP) is 2.34. The first kappa shape index (κ1) is 29.2. The molecule has 2 aliphatic heterocycles. The number of carbonyl (C=O) groups is 4. The number of benzene rings is 1. The molecule has 4 atom stereocenters. The van der Waals surface area contributed by atoms with Crippen molar-refractivity contribution in [1.82, 2.24) is 15.1 Å². The summed E-state index contributed by atoms with van der Waals surface area (Å²) in [6.45, 7) is -0.259. The summed E-state index contributed by atoms with van der Waals surface area (Å²) < 4.78 is 45.3. The number of hydrogen-bond acceptors (Lipinski definition) is 6. The second-order valence-corrected chi connectivity index (χ2v) is 11.5. The van der Waals surface area contributed by atoms with Crippen LogP contribution in [0.2, 0.25) is 0 Å². The Bertz CT molecular complexity index is 1390. The zero-order valence-corrected chi connectivity index (χ0v) is 22.9. The topological polar surface area (TPSA) is 132 Å². The highest BCUT2D eigenvalue weighted by atomic mass is 19.4. The quantitative estimate of drug-likeness (QED) is 0.451. The molecule has 1 spiro atoms. The number of anilines is 1. The number of nitrogens with zero attached hydrogens (tertiary/aromatic N) is 3. The summed E-state index contributed by atoms with van der Waals surface area (Å²) in [4.78, 5) is 55.1. The van der Waals surface area contributed by atoms with Crippen molar-refractivity contribution in [1.29, 1.82) is 5.26 Å². The summed E-state index contributed by atoms with van der Waals surface area (Å²) in [7, 11) is 1.34. The Kier molecular flexibility index (Phi) is 7.56. The van der Waals surface area contributed by atoms with Crippen LogP contribution in [0.15, 0.2) is 18.2 Å². The number of nitriles is 1. The van der Waals surface area contributed by atoms with Gasteiger partial charge in [0, 0.05) is 13.5 Å². The number of hydrogen-bond donors (Lipinski definition) is 2. The van der Waals surface area contributed by atoms with Gasteiger partial charge in [-0.25, -0.2) is 0 Å². The van der Waals surface area contributed by atoms with Crippen molar-refractivity contribution in [2.24, 2.45) is 11.8 Å². The molecule has 2 N–H and O–H groups in total. The van der Waals surface area contributed by atoms with E-state index in [1.807, 2.05) is 11.4 Å². The summed E-state index contributed by atoms with van der Waals surface area (Å²) in [5.74, 6) is -1.31. The molecule has 1 aromatic carbocycles. The lowest BCUT2D eigenvalue weighted by Gasteiger charge is -2.36. The van der Waals surface area contributed by atoms with E-state index in [1.54, 1.807) is 12.1 Å². The highest BCUT2D eigenvalue weighted by molar-refractivity contribution is 6.02. The maximum Gasteiger partial charge on any atom is 0.471 e. The van der Waals surface area contributed by atoms with Crippen molar-refractivity contribution in [2.45, 2.75) is 74.8 Å². The van der Waals surface area contributed by atoms with Crippen molar-refractivity contribution in [3.63, 3.8) is 0 Å². The van der Waals surface area contributed by atoms with Crippen LogP contribution in [0.25, 0.3) is 0 Å². The average Bonchev–Trinajstić information content (AvgIpc) is 3.89. The van der Waals surface area contributed by atoms with Gasteiger partial charge in [0.15, 0.2) is 5.75 Å². The lowest BCUT2D eigenvalue weighted by Crippen LogP contribution is -2.58. The molecule has 222 valence electrons. The Morgan fingerprint density at radius 3 is 2.50 bits per heavy atom. The first-order chi connectivity index (χ1) is 19.9. The Balaban J connectivity index is 1.40. The Morgan fingerprint density at radius 2 is 1.90 bits per heavy atom. The maximum atomic E-state index is 14.1. The van der Waals surface area contributed by atoms with Crippen LogP contribution in [0.3, 0.4) is 0 Å². The number of nitrogens with one attached hydrogen (secondary N) is 2. The number of para-hydroxylation sites is 1. The van der Waals surface area contributed by atoms with Crippen LogP contribution < -0.4 is 15.4 Å². The number of terminal acetylenes is 1. The molecule has 13 heteroatoms. The molecular formula is C29H30F3N5O5. The molecule has 0 bridgehead atoms. The predicted molar refractivity (Wildman–Crippen MR) is 141 cm³/mol. The third-order valence-corrected chi connectivity index (χ3v) is 8.38. The molecule has 3 fully saturated rings. The largest absolute Gasteiger partial charge is 0.472 e. The van der Waals surface area contributed by atoms with Crippen LogP contribution >= 0.6 is 0 Å². The molecular weight excluding hydrogens is 555 g/mol. The normalized spacial score (nSPS) is 24.4. The SMILES string of the molecule is C#C[C@@H]1C[C@]2(CN1C(=O)[C@H](CC1CC1)N(C)C(=O)C(CC1CC1)NC(=O)C(F)(F)F)Oc1c(C#N)cccc1NC2=O. The van der Waals surface area contributed by atoms with E-state index in [1.165, 1.54) is 18.0 Å². The average molecular weight is 586 g/mol. The first-order valence-corrected chi connectivity index (χ1v) is 13.8. The third kappa shape index (κ3) is 5.73. The van der Waals surface area contributed by atoms with E-state index in [0.29, 0.717) is 5.69 Å². The summed E-state index contributed by atoms with van der Waals surface area (Å²) in [6.07, 6.45) is 3.94. The number of halogens is 3. The van der Waals surface area contributed by atoms with Gasteiger partial charge >= 0.3 is 12.1 Å².